The van der Waals surface area contributed by atoms with E-state index in [1.807, 2.05) is 0 Å². The second-order valence-electron chi connectivity index (χ2n) is 4.16. The van der Waals surface area contributed by atoms with Crippen molar-refractivity contribution in [2.24, 2.45) is 5.73 Å². The lowest BCUT2D eigenvalue weighted by atomic mass is 10.1. The van der Waals surface area contributed by atoms with Crippen molar-refractivity contribution in [3.63, 3.8) is 0 Å². The predicted molar refractivity (Wildman–Crippen MR) is 56.9 cm³/mol. The van der Waals surface area contributed by atoms with E-state index in [4.69, 9.17) is 5.73 Å². The summed E-state index contributed by atoms with van der Waals surface area (Å²) in [6, 6.07) is 0. The summed E-state index contributed by atoms with van der Waals surface area (Å²) in [6.07, 6.45) is -11.7. The molecule has 0 spiro atoms. The molecule has 128 valence electrons. The van der Waals surface area contributed by atoms with E-state index in [0.29, 0.717) is 4.68 Å². The lowest BCUT2D eigenvalue weighted by molar-refractivity contribution is -0.292. The third-order valence-electron chi connectivity index (χ3n) is 2.70. The van der Waals surface area contributed by atoms with Crippen LogP contribution in [0.4, 0.5) is 35.1 Å². The summed E-state index contributed by atoms with van der Waals surface area (Å²) in [7, 11) is 1.17. The van der Waals surface area contributed by atoms with Gasteiger partial charge >= 0.3 is 18.3 Å². The predicted octanol–water partition coefficient (Wildman–Crippen LogP) is 2.66. The molecular weight excluding hydrogens is 330 g/mol. The fraction of sp³-hybridized carbons (Fsp3) is 0.700. The van der Waals surface area contributed by atoms with Crippen LogP contribution in [-0.4, -0.2) is 29.7 Å². The average Bonchev–Trinajstić information content (AvgIpc) is 2.73. The van der Waals surface area contributed by atoms with Gasteiger partial charge in [0.15, 0.2) is 5.69 Å². The summed E-state index contributed by atoms with van der Waals surface area (Å²) in [6.45, 7) is -1.62. The standard InChI is InChI=1S/C10H11F8N3O/c1-22-3-2-21-5(4-19)6(9(13,14)15)7(20-21)8(11,12)10(16,17)18/h2-4,19H2,1H3. The number of hydrogen-bond acceptors (Lipinski definition) is 3. The molecule has 0 fully saturated rings. The molecule has 0 unspecified atom stereocenters. The van der Waals surface area contributed by atoms with Crippen LogP contribution in [0.3, 0.4) is 0 Å². The van der Waals surface area contributed by atoms with Crippen LogP contribution in [0.25, 0.3) is 0 Å². The number of nitrogens with two attached hydrogens (primary N) is 1. The van der Waals surface area contributed by atoms with Crippen LogP contribution in [0, 0.1) is 0 Å². The molecule has 1 aromatic rings. The Morgan fingerprint density at radius 2 is 1.64 bits per heavy atom. The molecule has 0 atom stereocenters. The number of ether oxygens (including phenoxy) is 1. The normalized spacial score (nSPS) is 13.7. The van der Waals surface area contributed by atoms with Gasteiger partial charge in [-0.15, -0.1) is 0 Å². The molecule has 0 aliphatic rings. The Morgan fingerprint density at radius 3 is 2.00 bits per heavy atom. The van der Waals surface area contributed by atoms with Crippen molar-refractivity contribution in [3.8, 4) is 0 Å². The maximum atomic E-state index is 13.3. The Hall–Kier alpha value is -1.43. The number of nitrogens with zero attached hydrogens (tertiary/aromatic N) is 2. The van der Waals surface area contributed by atoms with E-state index < -0.39 is 48.3 Å². The maximum Gasteiger partial charge on any atom is 0.459 e. The van der Waals surface area contributed by atoms with E-state index in [1.165, 1.54) is 7.11 Å². The molecule has 22 heavy (non-hydrogen) atoms. The first-order valence-electron chi connectivity index (χ1n) is 5.68. The van der Waals surface area contributed by atoms with Gasteiger partial charge in [0.05, 0.1) is 18.8 Å². The summed E-state index contributed by atoms with van der Waals surface area (Å²) in [4.78, 5) is 0. The van der Waals surface area contributed by atoms with Crippen molar-refractivity contribution in [1.82, 2.24) is 9.78 Å². The van der Waals surface area contributed by atoms with Crippen LogP contribution in [0.15, 0.2) is 0 Å². The first kappa shape index (κ1) is 18.6. The number of aromatic nitrogens is 2. The van der Waals surface area contributed by atoms with Crippen molar-refractivity contribution >= 4 is 0 Å². The number of methoxy groups -OCH3 is 1. The molecule has 0 aliphatic carbocycles. The van der Waals surface area contributed by atoms with Crippen LogP contribution < -0.4 is 5.73 Å². The van der Waals surface area contributed by atoms with Gasteiger partial charge in [-0.2, -0.15) is 40.2 Å². The summed E-state index contributed by atoms with van der Waals surface area (Å²) in [5.41, 5.74) is -0.497. The number of halogens is 8. The molecule has 12 heteroatoms. The zero-order chi connectivity index (χ0) is 17.3. The van der Waals surface area contributed by atoms with Crippen molar-refractivity contribution < 1.29 is 39.9 Å². The van der Waals surface area contributed by atoms with Crippen LogP contribution in [0.5, 0.6) is 0 Å². The van der Waals surface area contributed by atoms with Crippen LogP contribution in [0.1, 0.15) is 17.0 Å². The quantitative estimate of drug-likeness (QED) is 0.838. The largest absolute Gasteiger partial charge is 0.459 e. The van der Waals surface area contributed by atoms with Gasteiger partial charge in [-0.25, -0.2) is 0 Å². The van der Waals surface area contributed by atoms with Gasteiger partial charge in [-0.05, 0) is 0 Å². The van der Waals surface area contributed by atoms with Gasteiger partial charge in [-0.3, -0.25) is 4.68 Å². The number of rotatable bonds is 5. The molecule has 0 bridgehead atoms. The topological polar surface area (TPSA) is 53.1 Å². The van der Waals surface area contributed by atoms with Crippen molar-refractivity contribution in [2.75, 3.05) is 13.7 Å². The molecule has 0 saturated carbocycles. The SMILES string of the molecule is COCCn1nc(C(F)(F)C(F)(F)F)c(C(F)(F)F)c1CN. The highest BCUT2D eigenvalue weighted by atomic mass is 19.4. The highest BCUT2D eigenvalue weighted by molar-refractivity contribution is 5.33. The van der Waals surface area contributed by atoms with Crippen molar-refractivity contribution in [1.29, 1.82) is 0 Å². The van der Waals surface area contributed by atoms with E-state index in [9.17, 15) is 35.1 Å². The summed E-state index contributed by atoms with van der Waals surface area (Å²) in [5, 5.41) is 2.79. The minimum absolute atomic E-state index is 0.247. The molecule has 0 aliphatic heterocycles. The minimum Gasteiger partial charge on any atom is -0.383 e. The van der Waals surface area contributed by atoms with Gasteiger partial charge in [0.2, 0.25) is 0 Å². The Morgan fingerprint density at radius 1 is 1.09 bits per heavy atom. The molecule has 0 saturated heterocycles. The summed E-state index contributed by atoms with van der Waals surface area (Å²) >= 11 is 0. The second kappa shape index (κ2) is 5.99. The number of alkyl halides is 8. The Bertz CT molecular complexity index is 519. The Kier molecular flexibility index (Phi) is 5.07. The summed E-state index contributed by atoms with van der Waals surface area (Å²) < 4.78 is 107. The molecule has 4 nitrogen and oxygen atoms in total. The molecule has 0 radical (unpaired) electrons. The van der Waals surface area contributed by atoms with E-state index in [0.717, 1.165) is 0 Å². The number of hydrogen-bond donors (Lipinski definition) is 1. The van der Waals surface area contributed by atoms with E-state index >= 15 is 0 Å². The van der Waals surface area contributed by atoms with Gasteiger partial charge < -0.3 is 10.5 Å². The van der Waals surface area contributed by atoms with E-state index in [-0.39, 0.29) is 6.61 Å². The van der Waals surface area contributed by atoms with Gasteiger partial charge in [0.25, 0.3) is 0 Å². The third kappa shape index (κ3) is 3.32. The van der Waals surface area contributed by atoms with E-state index in [1.54, 1.807) is 0 Å². The summed E-state index contributed by atoms with van der Waals surface area (Å²) in [5.74, 6) is -5.76. The zero-order valence-electron chi connectivity index (χ0n) is 11.0. The maximum absolute atomic E-state index is 13.3. The average molecular weight is 341 g/mol. The minimum atomic E-state index is -6.22. The fourth-order valence-electron chi connectivity index (χ4n) is 1.72. The first-order valence-corrected chi connectivity index (χ1v) is 5.68. The zero-order valence-corrected chi connectivity index (χ0v) is 11.0. The molecule has 1 rings (SSSR count). The molecular formula is C10H11F8N3O. The Labute approximate surface area is 118 Å². The third-order valence-corrected chi connectivity index (χ3v) is 2.70. The van der Waals surface area contributed by atoms with Crippen LogP contribution >= 0.6 is 0 Å². The molecule has 1 heterocycles. The van der Waals surface area contributed by atoms with Crippen molar-refractivity contribution in [3.05, 3.63) is 17.0 Å². The van der Waals surface area contributed by atoms with Gasteiger partial charge in [-0.1, -0.05) is 0 Å². The second-order valence-corrected chi connectivity index (χ2v) is 4.16. The smallest absolute Gasteiger partial charge is 0.383 e. The highest BCUT2D eigenvalue weighted by Gasteiger charge is 2.63. The first-order chi connectivity index (χ1) is 9.87. The van der Waals surface area contributed by atoms with Crippen LogP contribution in [-0.2, 0) is 29.9 Å². The fourth-order valence-corrected chi connectivity index (χ4v) is 1.72. The monoisotopic (exact) mass is 341 g/mol. The molecule has 0 amide bonds. The van der Waals surface area contributed by atoms with Crippen LogP contribution in [0.2, 0.25) is 0 Å². The van der Waals surface area contributed by atoms with E-state index in [2.05, 4.69) is 9.84 Å². The molecule has 1 aromatic heterocycles. The Balaban J connectivity index is 3.59. The lowest BCUT2D eigenvalue weighted by Gasteiger charge is -2.19. The van der Waals surface area contributed by atoms with Gasteiger partial charge in [0, 0.05) is 13.7 Å². The molecule has 2 N–H and O–H groups in total. The lowest BCUT2D eigenvalue weighted by Crippen LogP contribution is -2.36. The van der Waals surface area contributed by atoms with Gasteiger partial charge in [0.1, 0.15) is 5.56 Å². The molecule has 0 aromatic carbocycles. The van der Waals surface area contributed by atoms with Crippen molar-refractivity contribution in [2.45, 2.75) is 31.4 Å². The highest BCUT2D eigenvalue weighted by Crippen LogP contribution is 2.48.